The Morgan fingerprint density at radius 1 is 0.690 bits per heavy atom. The molecular weight excluding hydrogens is 371 g/mol. The molecule has 0 saturated carbocycles. The second-order valence-corrected chi connectivity index (χ2v) is 6.00. The monoisotopic (exact) mass is 388 g/mol. The maximum Gasteiger partial charge on any atom is 0.233 e. The molecule has 0 aliphatic heterocycles. The van der Waals surface area contributed by atoms with E-state index in [1.54, 1.807) is 24.4 Å². The summed E-state index contributed by atoms with van der Waals surface area (Å²) in [6, 6.07) is 19.2. The standard InChI is InChI=1S/C20H17FN8/c21-14-8-10-16(11-9-14)25-20-27-18(22-13-17-7-4-12-23-29-17)26-19(28-20)24-15-5-2-1-3-6-15/h1-12H,13H2,(H3,22,24,25,26,27,28). The topological polar surface area (TPSA) is 101 Å². The summed E-state index contributed by atoms with van der Waals surface area (Å²) in [5.41, 5.74) is 2.24. The summed E-state index contributed by atoms with van der Waals surface area (Å²) in [6.07, 6.45) is 1.61. The number of nitrogens with one attached hydrogen (secondary N) is 3. The first-order chi connectivity index (χ1) is 14.2. The van der Waals surface area contributed by atoms with E-state index in [0.717, 1.165) is 11.4 Å². The minimum atomic E-state index is -0.316. The average Bonchev–Trinajstić information content (AvgIpc) is 2.75. The van der Waals surface area contributed by atoms with Gasteiger partial charge in [0.05, 0.1) is 12.2 Å². The number of hydrogen-bond acceptors (Lipinski definition) is 8. The maximum atomic E-state index is 13.2. The van der Waals surface area contributed by atoms with Gasteiger partial charge in [-0.1, -0.05) is 18.2 Å². The van der Waals surface area contributed by atoms with Crippen LogP contribution in [0.15, 0.2) is 72.9 Å². The lowest BCUT2D eigenvalue weighted by atomic mass is 10.3. The maximum absolute atomic E-state index is 13.2. The fourth-order valence-electron chi connectivity index (χ4n) is 2.48. The molecule has 0 aliphatic rings. The van der Waals surface area contributed by atoms with Gasteiger partial charge >= 0.3 is 0 Å². The second-order valence-electron chi connectivity index (χ2n) is 6.00. The fourth-order valence-corrected chi connectivity index (χ4v) is 2.48. The van der Waals surface area contributed by atoms with E-state index in [0.29, 0.717) is 30.1 Å². The zero-order valence-electron chi connectivity index (χ0n) is 15.2. The second kappa shape index (κ2) is 8.70. The van der Waals surface area contributed by atoms with E-state index in [2.05, 4.69) is 41.1 Å². The van der Waals surface area contributed by atoms with Gasteiger partial charge in [0.25, 0.3) is 0 Å². The first-order valence-electron chi connectivity index (χ1n) is 8.86. The molecule has 0 aliphatic carbocycles. The predicted molar refractivity (Wildman–Crippen MR) is 109 cm³/mol. The van der Waals surface area contributed by atoms with Crippen LogP contribution in [0.3, 0.4) is 0 Å². The highest BCUT2D eigenvalue weighted by Crippen LogP contribution is 2.19. The number of benzene rings is 2. The summed E-state index contributed by atoms with van der Waals surface area (Å²) < 4.78 is 13.2. The van der Waals surface area contributed by atoms with Gasteiger partial charge in [0.15, 0.2) is 0 Å². The van der Waals surface area contributed by atoms with Crippen molar-refractivity contribution in [1.29, 1.82) is 0 Å². The van der Waals surface area contributed by atoms with Gasteiger partial charge in [0.2, 0.25) is 17.8 Å². The molecule has 3 N–H and O–H groups in total. The van der Waals surface area contributed by atoms with Crippen LogP contribution in [0.5, 0.6) is 0 Å². The molecule has 29 heavy (non-hydrogen) atoms. The highest BCUT2D eigenvalue weighted by Gasteiger charge is 2.08. The van der Waals surface area contributed by atoms with Crippen molar-refractivity contribution in [2.45, 2.75) is 6.54 Å². The zero-order chi connectivity index (χ0) is 19.9. The zero-order valence-corrected chi connectivity index (χ0v) is 15.2. The molecule has 8 nitrogen and oxygen atoms in total. The Labute approximate surface area is 166 Å². The SMILES string of the molecule is Fc1ccc(Nc2nc(NCc3cccnn3)nc(Nc3ccccc3)n2)cc1. The summed E-state index contributed by atoms with van der Waals surface area (Å²) in [4.78, 5) is 13.2. The molecule has 2 heterocycles. The van der Waals surface area contributed by atoms with Crippen LogP contribution in [-0.2, 0) is 6.54 Å². The Morgan fingerprint density at radius 3 is 2.00 bits per heavy atom. The summed E-state index contributed by atoms with van der Waals surface area (Å²) in [7, 11) is 0. The molecule has 0 saturated heterocycles. The van der Waals surface area contributed by atoms with Crippen LogP contribution in [0.4, 0.5) is 33.6 Å². The quantitative estimate of drug-likeness (QED) is 0.438. The summed E-state index contributed by atoms with van der Waals surface area (Å²) in [6.45, 7) is 0.401. The molecule has 144 valence electrons. The van der Waals surface area contributed by atoms with Crippen molar-refractivity contribution < 1.29 is 4.39 Å². The third kappa shape index (κ3) is 5.19. The molecule has 2 aromatic heterocycles. The van der Waals surface area contributed by atoms with Crippen LogP contribution >= 0.6 is 0 Å². The van der Waals surface area contributed by atoms with Crippen molar-refractivity contribution in [3.8, 4) is 0 Å². The Balaban J connectivity index is 1.58. The van der Waals surface area contributed by atoms with Crippen molar-refractivity contribution >= 4 is 29.2 Å². The lowest BCUT2D eigenvalue weighted by Crippen LogP contribution is -2.10. The molecule has 0 fully saturated rings. The highest BCUT2D eigenvalue weighted by atomic mass is 19.1. The largest absolute Gasteiger partial charge is 0.348 e. The Kier molecular flexibility index (Phi) is 5.47. The van der Waals surface area contributed by atoms with Gasteiger partial charge in [-0.3, -0.25) is 0 Å². The molecule has 0 radical (unpaired) electrons. The van der Waals surface area contributed by atoms with Gasteiger partial charge in [-0.25, -0.2) is 4.39 Å². The van der Waals surface area contributed by atoms with Crippen LogP contribution in [0.25, 0.3) is 0 Å². The number of para-hydroxylation sites is 1. The van der Waals surface area contributed by atoms with E-state index in [-0.39, 0.29) is 5.82 Å². The third-order valence-electron chi connectivity index (χ3n) is 3.82. The van der Waals surface area contributed by atoms with Crippen molar-refractivity contribution in [3.63, 3.8) is 0 Å². The van der Waals surface area contributed by atoms with Gasteiger partial charge in [0.1, 0.15) is 5.82 Å². The van der Waals surface area contributed by atoms with Crippen molar-refractivity contribution in [2.75, 3.05) is 16.0 Å². The molecule has 0 amide bonds. The summed E-state index contributed by atoms with van der Waals surface area (Å²) in [5.74, 6) is 0.710. The minimum absolute atomic E-state index is 0.312. The normalized spacial score (nSPS) is 10.4. The molecule has 0 unspecified atom stereocenters. The van der Waals surface area contributed by atoms with Crippen LogP contribution in [0.1, 0.15) is 5.69 Å². The number of aromatic nitrogens is 5. The first kappa shape index (κ1) is 18.2. The van der Waals surface area contributed by atoms with E-state index in [9.17, 15) is 4.39 Å². The average molecular weight is 388 g/mol. The summed E-state index contributed by atoms with van der Waals surface area (Å²) >= 11 is 0. The van der Waals surface area contributed by atoms with Gasteiger partial charge in [-0.2, -0.15) is 25.1 Å². The van der Waals surface area contributed by atoms with Gasteiger partial charge < -0.3 is 16.0 Å². The van der Waals surface area contributed by atoms with Gasteiger partial charge in [-0.05, 0) is 48.5 Å². The number of hydrogen-bond donors (Lipinski definition) is 3. The van der Waals surface area contributed by atoms with Crippen molar-refractivity contribution in [2.24, 2.45) is 0 Å². The molecule has 0 atom stereocenters. The molecule has 9 heteroatoms. The first-order valence-corrected chi connectivity index (χ1v) is 8.86. The van der Waals surface area contributed by atoms with E-state index >= 15 is 0 Å². The van der Waals surface area contributed by atoms with Crippen LogP contribution in [0, 0.1) is 5.82 Å². The van der Waals surface area contributed by atoms with E-state index < -0.39 is 0 Å². The number of nitrogens with zero attached hydrogens (tertiary/aromatic N) is 5. The minimum Gasteiger partial charge on any atom is -0.348 e. The van der Waals surface area contributed by atoms with Gasteiger partial charge in [0, 0.05) is 17.6 Å². The number of anilines is 5. The van der Waals surface area contributed by atoms with E-state index in [1.807, 2.05) is 36.4 Å². The molecule has 0 bridgehead atoms. The number of halogens is 1. The Morgan fingerprint density at radius 2 is 1.34 bits per heavy atom. The molecule has 2 aromatic carbocycles. The fraction of sp³-hybridized carbons (Fsp3) is 0.0500. The van der Waals surface area contributed by atoms with Crippen LogP contribution in [-0.4, -0.2) is 25.1 Å². The smallest absolute Gasteiger partial charge is 0.233 e. The Hall–Kier alpha value is -4.14. The molecular formula is C20H17FN8. The molecule has 0 spiro atoms. The van der Waals surface area contributed by atoms with Crippen molar-refractivity contribution in [3.05, 3.63) is 84.4 Å². The Bertz CT molecular complexity index is 1060. The van der Waals surface area contributed by atoms with Crippen molar-refractivity contribution in [1.82, 2.24) is 25.1 Å². The summed E-state index contributed by atoms with van der Waals surface area (Å²) in [5, 5.41) is 17.2. The van der Waals surface area contributed by atoms with Gasteiger partial charge in [-0.15, -0.1) is 0 Å². The van der Waals surface area contributed by atoms with Crippen LogP contribution in [0.2, 0.25) is 0 Å². The molecule has 4 rings (SSSR count). The number of rotatable bonds is 7. The van der Waals surface area contributed by atoms with E-state index in [1.165, 1.54) is 12.1 Å². The molecule has 4 aromatic rings. The lowest BCUT2D eigenvalue weighted by molar-refractivity contribution is 0.628. The van der Waals surface area contributed by atoms with Crippen LogP contribution < -0.4 is 16.0 Å². The lowest BCUT2D eigenvalue weighted by Gasteiger charge is -2.11. The predicted octanol–water partition coefficient (Wildman–Crippen LogP) is 3.90. The highest BCUT2D eigenvalue weighted by molar-refractivity contribution is 5.59. The van der Waals surface area contributed by atoms with E-state index in [4.69, 9.17) is 0 Å². The third-order valence-corrected chi connectivity index (χ3v) is 3.82.